The third kappa shape index (κ3) is 4.27. The van der Waals surface area contributed by atoms with E-state index in [-0.39, 0.29) is 36.6 Å². The molecule has 8 nitrogen and oxygen atoms in total. The fraction of sp³-hybridized carbons (Fsp3) is 0.182. The summed E-state index contributed by atoms with van der Waals surface area (Å²) >= 11 is 0. The topological polar surface area (TPSA) is 117 Å². The summed E-state index contributed by atoms with van der Waals surface area (Å²) in [5.41, 5.74) is 4.53. The van der Waals surface area contributed by atoms with Crippen molar-refractivity contribution in [3.8, 4) is 17.3 Å². The van der Waals surface area contributed by atoms with Gasteiger partial charge in [-0.1, -0.05) is 12.1 Å². The molecule has 1 aliphatic rings. The quantitative estimate of drug-likeness (QED) is 0.565. The smallest absolute Gasteiger partial charge is 0.365 e. The summed E-state index contributed by atoms with van der Waals surface area (Å²) in [6.45, 7) is 0.220. The molecule has 3 aromatic rings. The molecule has 0 saturated heterocycles. The number of nitrogens with one attached hydrogen (secondary N) is 1. The molecule has 0 fully saturated rings. The summed E-state index contributed by atoms with van der Waals surface area (Å²) in [5, 5.41) is 15.6. The van der Waals surface area contributed by atoms with Gasteiger partial charge in [0, 0.05) is 17.8 Å². The van der Waals surface area contributed by atoms with Crippen molar-refractivity contribution in [3.05, 3.63) is 70.7 Å². The first-order chi connectivity index (χ1) is 16.1. The highest BCUT2D eigenvalue weighted by atomic mass is 19.4. The Labute approximate surface area is 190 Å². The summed E-state index contributed by atoms with van der Waals surface area (Å²) in [6, 6.07) is 9.07. The third-order valence-electron chi connectivity index (χ3n) is 5.31. The van der Waals surface area contributed by atoms with E-state index in [0.717, 1.165) is 6.07 Å². The number of anilines is 1. The van der Waals surface area contributed by atoms with Gasteiger partial charge in [0.25, 0.3) is 5.91 Å². The first-order valence-electron chi connectivity index (χ1n) is 9.91. The highest BCUT2D eigenvalue weighted by molar-refractivity contribution is 6.00. The normalized spacial score (nSPS) is 13.2. The van der Waals surface area contributed by atoms with E-state index < -0.39 is 35.1 Å². The van der Waals surface area contributed by atoms with Gasteiger partial charge in [0.2, 0.25) is 0 Å². The summed E-state index contributed by atoms with van der Waals surface area (Å²) in [7, 11) is 0. The number of carbonyl (C=O) groups excluding carboxylic acids is 2. The predicted molar refractivity (Wildman–Crippen MR) is 112 cm³/mol. The van der Waals surface area contributed by atoms with Crippen LogP contribution in [0.2, 0.25) is 0 Å². The number of aromatic nitrogens is 2. The minimum atomic E-state index is -4.77. The van der Waals surface area contributed by atoms with Crippen LogP contribution in [0.4, 0.5) is 28.0 Å². The number of hydrogen-bond acceptors (Lipinski definition) is 4. The molecule has 0 bridgehead atoms. The Morgan fingerprint density at radius 3 is 2.56 bits per heavy atom. The third-order valence-corrected chi connectivity index (χ3v) is 5.31. The average molecular weight is 472 g/mol. The molecule has 1 aromatic heterocycles. The van der Waals surface area contributed by atoms with E-state index in [0.29, 0.717) is 17.3 Å². The molecule has 0 atom stereocenters. The minimum Gasteiger partial charge on any atom is -0.365 e. The van der Waals surface area contributed by atoms with Crippen molar-refractivity contribution in [2.24, 2.45) is 5.73 Å². The molecule has 0 saturated carbocycles. The van der Waals surface area contributed by atoms with Gasteiger partial charge in [0.05, 0.1) is 41.5 Å². The summed E-state index contributed by atoms with van der Waals surface area (Å²) in [5.74, 6) is -1.34. The van der Waals surface area contributed by atoms with Crippen LogP contribution < -0.4 is 11.1 Å². The second-order valence-electron chi connectivity index (χ2n) is 7.49. The fourth-order valence-electron chi connectivity index (χ4n) is 3.74. The van der Waals surface area contributed by atoms with Crippen molar-refractivity contribution in [2.45, 2.75) is 19.3 Å². The van der Waals surface area contributed by atoms with Crippen LogP contribution >= 0.6 is 0 Å². The number of alkyl halides is 3. The van der Waals surface area contributed by atoms with Crippen LogP contribution in [0.5, 0.6) is 0 Å². The molecule has 2 heterocycles. The van der Waals surface area contributed by atoms with E-state index in [4.69, 9.17) is 11.0 Å². The number of urea groups is 1. The van der Waals surface area contributed by atoms with Crippen LogP contribution in [0.15, 0.2) is 42.5 Å². The molecule has 34 heavy (non-hydrogen) atoms. The van der Waals surface area contributed by atoms with Crippen molar-refractivity contribution in [1.29, 1.82) is 5.26 Å². The van der Waals surface area contributed by atoms with Gasteiger partial charge < -0.3 is 16.0 Å². The van der Waals surface area contributed by atoms with Crippen molar-refractivity contribution in [1.82, 2.24) is 14.7 Å². The maximum Gasteiger partial charge on any atom is 0.417 e. The molecular formula is C22H16F4N6O2. The minimum absolute atomic E-state index is 0.0285. The van der Waals surface area contributed by atoms with Crippen LogP contribution in [-0.4, -0.2) is 33.2 Å². The standard InChI is InChI=1S/C22H16F4N6O2/c23-14-3-1-2-12(8-14)19-18(20(28)33)17-11-31(6-7-32(17)30-19)21(34)29-15-5-4-13(10-27)16(9-15)22(24,25)26/h1-5,8-9H,6-7,11H2,(H2,28,33)(H,29,34). The molecular weight excluding hydrogens is 456 g/mol. The molecule has 3 amide bonds. The summed E-state index contributed by atoms with van der Waals surface area (Å²) in [4.78, 5) is 26.2. The molecule has 174 valence electrons. The van der Waals surface area contributed by atoms with E-state index in [1.165, 1.54) is 39.9 Å². The Morgan fingerprint density at radius 2 is 1.91 bits per heavy atom. The van der Waals surface area contributed by atoms with Gasteiger partial charge in [-0.05, 0) is 30.3 Å². The maximum atomic E-state index is 13.7. The number of rotatable bonds is 3. The van der Waals surface area contributed by atoms with E-state index in [1.807, 2.05) is 0 Å². The average Bonchev–Trinajstić information content (AvgIpc) is 3.17. The van der Waals surface area contributed by atoms with Crippen LogP contribution in [0.25, 0.3) is 11.3 Å². The number of nitrogens with two attached hydrogens (primary N) is 1. The zero-order valence-corrected chi connectivity index (χ0v) is 17.4. The molecule has 0 radical (unpaired) electrons. The number of amides is 3. The first kappa shape index (κ1) is 22.8. The van der Waals surface area contributed by atoms with Crippen molar-refractivity contribution in [3.63, 3.8) is 0 Å². The highest BCUT2D eigenvalue weighted by Crippen LogP contribution is 2.34. The predicted octanol–water partition coefficient (Wildman–Crippen LogP) is 3.73. The zero-order valence-electron chi connectivity index (χ0n) is 17.4. The Hall–Kier alpha value is -4.40. The van der Waals surface area contributed by atoms with Gasteiger partial charge in [-0.15, -0.1) is 0 Å². The van der Waals surface area contributed by atoms with E-state index in [2.05, 4.69) is 10.4 Å². The van der Waals surface area contributed by atoms with Crippen LogP contribution in [0, 0.1) is 17.1 Å². The Bertz CT molecular complexity index is 1340. The molecule has 0 aliphatic carbocycles. The van der Waals surface area contributed by atoms with Gasteiger partial charge in [0.15, 0.2) is 0 Å². The molecule has 0 unspecified atom stereocenters. The van der Waals surface area contributed by atoms with Crippen LogP contribution in [0.1, 0.15) is 27.2 Å². The maximum absolute atomic E-state index is 13.7. The number of halogens is 4. The fourth-order valence-corrected chi connectivity index (χ4v) is 3.74. The Morgan fingerprint density at radius 1 is 1.15 bits per heavy atom. The monoisotopic (exact) mass is 472 g/mol. The van der Waals surface area contributed by atoms with Gasteiger partial charge >= 0.3 is 12.2 Å². The second kappa shape index (κ2) is 8.51. The molecule has 3 N–H and O–H groups in total. The van der Waals surface area contributed by atoms with Crippen LogP contribution in [-0.2, 0) is 19.3 Å². The first-order valence-corrected chi connectivity index (χ1v) is 9.91. The number of nitrogens with zero attached hydrogens (tertiary/aromatic N) is 4. The largest absolute Gasteiger partial charge is 0.417 e. The zero-order chi connectivity index (χ0) is 24.6. The summed E-state index contributed by atoms with van der Waals surface area (Å²) in [6.07, 6.45) is -4.77. The lowest BCUT2D eigenvalue weighted by Gasteiger charge is -2.28. The SMILES string of the molecule is N#Cc1ccc(NC(=O)N2CCn3nc(-c4cccc(F)c4)c(C(N)=O)c3C2)cc1C(F)(F)F. The van der Waals surface area contributed by atoms with Gasteiger partial charge in [-0.25, -0.2) is 9.18 Å². The van der Waals surface area contributed by atoms with E-state index >= 15 is 0 Å². The Balaban J connectivity index is 1.61. The highest BCUT2D eigenvalue weighted by Gasteiger charge is 2.34. The van der Waals surface area contributed by atoms with E-state index in [9.17, 15) is 27.2 Å². The number of nitriles is 1. The molecule has 12 heteroatoms. The lowest BCUT2D eigenvalue weighted by Crippen LogP contribution is -2.41. The Kier molecular flexibility index (Phi) is 5.70. The number of fused-ring (bicyclic) bond motifs is 1. The van der Waals surface area contributed by atoms with Gasteiger partial charge in [-0.3, -0.25) is 9.48 Å². The summed E-state index contributed by atoms with van der Waals surface area (Å²) < 4.78 is 54.8. The van der Waals surface area contributed by atoms with Crippen molar-refractivity contribution in [2.75, 3.05) is 11.9 Å². The van der Waals surface area contributed by atoms with Crippen molar-refractivity contribution < 1.29 is 27.2 Å². The number of carbonyl (C=O) groups is 2. The van der Waals surface area contributed by atoms with Gasteiger partial charge in [0.1, 0.15) is 11.5 Å². The molecule has 2 aromatic carbocycles. The lowest BCUT2D eigenvalue weighted by molar-refractivity contribution is -0.137. The number of primary amides is 1. The second-order valence-corrected chi connectivity index (χ2v) is 7.49. The number of hydrogen-bond donors (Lipinski definition) is 2. The van der Waals surface area contributed by atoms with Crippen molar-refractivity contribution >= 4 is 17.6 Å². The lowest BCUT2D eigenvalue weighted by atomic mass is 10.0. The number of benzene rings is 2. The molecule has 1 aliphatic heterocycles. The molecule has 4 rings (SSSR count). The van der Waals surface area contributed by atoms with E-state index in [1.54, 1.807) is 6.07 Å². The van der Waals surface area contributed by atoms with Gasteiger partial charge in [-0.2, -0.15) is 23.5 Å². The molecule has 0 spiro atoms. The van der Waals surface area contributed by atoms with Crippen LogP contribution in [0.3, 0.4) is 0 Å².